The molecule has 1 aromatic rings. The number of halogens is 1. The van der Waals surface area contributed by atoms with Crippen molar-refractivity contribution in [2.45, 2.75) is 32.1 Å². The summed E-state index contributed by atoms with van der Waals surface area (Å²) in [7, 11) is 0. The predicted octanol–water partition coefficient (Wildman–Crippen LogP) is 4.11. The highest BCUT2D eigenvalue weighted by Crippen LogP contribution is 2.26. The molecule has 0 saturated heterocycles. The molecule has 2 nitrogen and oxygen atoms in total. The van der Waals surface area contributed by atoms with E-state index in [9.17, 15) is 4.79 Å². The van der Waals surface area contributed by atoms with Crippen molar-refractivity contribution in [3.05, 3.63) is 28.8 Å². The summed E-state index contributed by atoms with van der Waals surface area (Å²) < 4.78 is 5.73. The summed E-state index contributed by atoms with van der Waals surface area (Å²) in [6.07, 6.45) is 7.22. The Balaban J connectivity index is 1.95. The molecule has 0 bridgehead atoms. The molecule has 0 atom stereocenters. The molecule has 1 saturated carbocycles. The number of ether oxygens (including phenoxy) is 1. The Bertz CT molecular complexity index is 384. The number of rotatable bonds is 4. The summed E-state index contributed by atoms with van der Waals surface area (Å²) in [6, 6.07) is 5.17. The molecule has 0 aliphatic heterocycles. The van der Waals surface area contributed by atoms with Crippen molar-refractivity contribution in [2.75, 3.05) is 6.61 Å². The van der Waals surface area contributed by atoms with Gasteiger partial charge < -0.3 is 4.74 Å². The molecule has 1 fully saturated rings. The van der Waals surface area contributed by atoms with Gasteiger partial charge in [0.15, 0.2) is 6.29 Å². The van der Waals surface area contributed by atoms with Gasteiger partial charge in [-0.2, -0.15) is 0 Å². The van der Waals surface area contributed by atoms with Crippen molar-refractivity contribution >= 4 is 17.9 Å². The van der Waals surface area contributed by atoms with Gasteiger partial charge >= 0.3 is 0 Å². The Kier molecular flexibility index (Phi) is 4.43. The number of aldehydes is 1. The summed E-state index contributed by atoms with van der Waals surface area (Å²) in [5, 5.41) is 0.567. The molecule has 0 spiro atoms. The van der Waals surface area contributed by atoms with Crippen molar-refractivity contribution in [1.29, 1.82) is 0 Å². The highest BCUT2D eigenvalue weighted by atomic mass is 35.5. The Hall–Kier alpha value is -1.02. The van der Waals surface area contributed by atoms with E-state index in [1.807, 2.05) is 0 Å². The maximum atomic E-state index is 10.9. The molecule has 0 aromatic heterocycles. The average molecular weight is 253 g/mol. The highest BCUT2D eigenvalue weighted by molar-refractivity contribution is 6.30. The van der Waals surface area contributed by atoms with Gasteiger partial charge in [-0.15, -0.1) is 0 Å². The summed E-state index contributed by atoms with van der Waals surface area (Å²) >= 11 is 5.83. The molecule has 1 aliphatic carbocycles. The third-order valence-electron chi connectivity index (χ3n) is 3.30. The van der Waals surface area contributed by atoms with Gasteiger partial charge in [0, 0.05) is 5.02 Å². The number of hydrogen-bond donors (Lipinski definition) is 0. The van der Waals surface area contributed by atoms with Crippen LogP contribution in [0.2, 0.25) is 5.02 Å². The van der Waals surface area contributed by atoms with E-state index in [2.05, 4.69) is 0 Å². The van der Waals surface area contributed by atoms with Crippen LogP contribution in [0.25, 0.3) is 0 Å². The quantitative estimate of drug-likeness (QED) is 0.754. The second-order valence-electron chi connectivity index (χ2n) is 4.62. The summed E-state index contributed by atoms with van der Waals surface area (Å²) in [6.45, 7) is 0.711. The minimum atomic E-state index is 0.535. The lowest BCUT2D eigenvalue weighted by Gasteiger charge is -2.22. The van der Waals surface area contributed by atoms with E-state index in [0.29, 0.717) is 28.9 Å². The third-order valence-corrected chi connectivity index (χ3v) is 3.53. The first-order valence-corrected chi connectivity index (χ1v) is 6.55. The van der Waals surface area contributed by atoms with Crippen LogP contribution in [0.4, 0.5) is 0 Å². The SMILES string of the molecule is O=Cc1cc(Cl)ccc1OCC1CCCCC1. The molecule has 2 rings (SSSR count). The van der Waals surface area contributed by atoms with Crippen LogP contribution in [0.1, 0.15) is 42.5 Å². The van der Waals surface area contributed by atoms with Crippen LogP contribution in [0, 0.1) is 5.92 Å². The lowest BCUT2D eigenvalue weighted by molar-refractivity contribution is 0.111. The molecule has 0 heterocycles. The lowest BCUT2D eigenvalue weighted by atomic mass is 9.90. The standard InChI is InChI=1S/C14H17ClO2/c15-13-6-7-14(12(8-13)9-16)17-10-11-4-2-1-3-5-11/h6-9,11H,1-5,10H2. The van der Waals surface area contributed by atoms with E-state index in [-0.39, 0.29) is 0 Å². The average Bonchev–Trinajstić information content (AvgIpc) is 2.38. The van der Waals surface area contributed by atoms with Crippen molar-refractivity contribution in [3.8, 4) is 5.75 Å². The van der Waals surface area contributed by atoms with Gasteiger partial charge in [0.2, 0.25) is 0 Å². The Morgan fingerprint density at radius 3 is 2.76 bits per heavy atom. The second-order valence-corrected chi connectivity index (χ2v) is 5.05. The largest absolute Gasteiger partial charge is 0.493 e. The van der Waals surface area contributed by atoms with Gasteiger partial charge in [0.25, 0.3) is 0 Å². The zero-order chi connectivity index (χ0) is 12.1. The van der Waals surface area contributed by atoms with E-state index in [4.69, 9.17) is 16.3 Å². The monoisotopic (exact) mass is 252 g/mol. The van der Waals surface area contributed by atoms with Gasteiger partial charge in [-0.3, -0.25) is 4.79 Å². The fraction of sp³-hybridized carbons (Fsp3) is 0.500. The maximum absolute atomic E-state index is 10.9. The van der Waals surface area contributed by atoms with Gasteiger partial charge in [-0.25, -0.2) is 0 Å². The molecule has 0 amide bonds. The van der Waals surface area contributed by atoms with Crippen molar-refractivity contribution < 1.29 is 9.53 Å². The molecule has 17 heavy (non-hydrogen) atoms. The van der Waals surface area contributed by atoms with Crippen LogP contribution < -0.4 is 4.74 Å². The number of hydrogen-bond acceptors (Lipinski definition) is 2. The highest BCUT2D eigenvalue weighted by Gasteiger charge is 2.14. The second kappa shape index (κ2) is 6.06. The van der Waals surface area contributed by atoms with Crippen LogP contribution in [-0.4, -0.2) is 12.9 Å². The zero-order valence-electron chi connectivity index (χ0n) is 9.82. The van der Waals surface area contributed by atoms with Crippen LogP contribution in [-0.2, 0) is 0 Å². The van der Waals surface area contributed by atoms with Crippen molar-refractivity contribution in [2.24, 2.45) is 5.92 Å². The van der Waals surface area contributed by atoms with Crippen LogP contribution >= 0.6 is 11.6 Å². The third kappa shape index (κ3) is 3.47. The smallest absolute Gasteiger partial charge is 0.153 e. The minimum absolute atomic E-state index is 0.535. The molecule has 0 unspecified atom stereocenters. The molecule has 3 heteroatoms. The lowest BCUT2D eigenvalue weighted by Crippen LogP contribution is -2.15. The van der Waals surface area contributed by atoms with Gasteiger partial charge in [-0.1, -0.05) is 30.9 Å². The number of carbonyl (C=O) groups excluding carboxylic acids is 1. The normalized spacial score (nSPS) is 16.8. The Labute approximate surface area is 107 Å². The molecule has 0 N–H and O–H groups in total. The minimum Gasteiger partial charge on any atom is -0.493 e. The predicted molar refractivity (Wildman–Crippen MR) is 68.9 cm³/mol. The van der Waals surface area contributed by atoms with E-state index in [1.165, 1.54) is 32.1 Å². The van der Waals surface area contributed by atoms with Crippen LogP contribution in [0.15, 0.2) is 18.2 Å². The Morgan fingerprint density at radius 2 is 2.06 bits per heavy atom. The molecular formula is C14H17ClO2. The molecule has 0 radical (unpaired) electrons. The number of benzene rings is 1. The molecule has 92 valence electrons. The first-order valence-electron chi connectivity index (χ1n) is 6.17. The van der Waals surface area contributed by atoms with Gasteiger partial charge in [-0.05, 0) is 37.0 Å². The van der Waals surface area contributed by atoms with Crippen LogP contribution in [0.5, 0.6) is 5.75 Å². The topological polar surface area (TPSA) is 26.3 Å². The first-order chi connectivity index (χ1) is 8.29. The molecule has 1 aliphatic rings. The fourth-order valence-corrected chi connectivity index (χ4v) is 2.48. The summed E-state index contributed by atoms with van der Waals surface area (Å²) in [5.41, 5.74) is 0.535. The Morgan fingerprint density at radius 1 is 1.29 bits per heavy atom. The summed E-state index contributed by atoms with van der Waals surface area (Å²) in [4.78, 5) is 10.9. The zero-order valence-corrected chi connectivity index (χ0v) is 10.6. The van der Waals surface area contributed by atoms with E-state index < -0.39 is 0 Å². The summed E-state index contributed by atoms with van der Waals surface area (Å²) in [5.74, 6) is 1.29. The van der Waals surface area contributed by atoms with E-state index >= 15 is 0 Å². The van der Waals surface area contributed by atoms with Gasteiger partial charge in [0.1, 0.15) is 5.75 Å². The van der Waals surface area contributed by atoms with Gasteiger partial charge in [0.05, 0.1) is 12.2 Å². The maximum Gasteiger partial charge on any atom is 0.153 e. The number of carbonyl (C=O) groups is 1. The first kappa shape index (κ1) is 12.4. The molecular weight excluding hydrogens is 236 g/mol. The van der Waals surface area contributed by atoms with Crippen molar-refractivity contribution in [3.63, 3.8) is 0 Å². The fourth-order valence-electron chi connectivity index (χ4n) is 2.30. The van der Waals surface area contributed by atoms with Crippen molar-refractivity contribution in [1.82, 2.24) is 0 Å². The molecule has 1 aromatic carbocycles. The van der Waals surface area contributed by atoms with E-state index in [1.54, 1.807) is 18.2 Å². The van der Waals surface area contributed by atoms with Crippen LogP contribution in [0.3, 0.4) is 0 Å². The van der Waals surface area contributed by atoms with E-state index in [0.717, 1.165) is 6.29 Å².